The molecular formula is C19H28N4O. The van der Waals surface area contributed by atoms with E-state index >= 15 is 0 Å². The molecule has 3 rings (SSSR count). The van der Waals surface area contributed by atoms with E-state index in [1.807, 2.05) is 23.3 Å². The van der Waals surface area contributed by atoms with Crippen molar-refractivity contribution in [2.24, 2.45) is 11.8 Å². The second-order valence-electron chi connectivity index (χ2n) is 7.28. The summed E-state index contributed by atoms with van der Waals surface area (Å²) in [6.07, 6.45) is 10.4. The minimum atomic E-state index is -0.155. The van der Waals surface area contributed by atoms with E-state index in [1.165, 1.54) is 5.56 Å². The van der Waals surface area contributed by atoms with Gasteiger partial charge in [-0.15, -0.1) is 0 Å². The Labute approximate surface area is 144 Å². The number of aliphatic hydroxyl groups is 1. The van der Waals surface area contributed by atoms with Crippen LogP contribution in [0.4, 0.5) is 5.82 Å². The number of imidazole rings is 1. The third-order valence-corrected chi connectivity index (χ3v) is 4.85. The predicted octanol–water partition coefficient (Wildman–Crippen LogP) is 2.95. The van der Waals surface area contributed by atoms with Gasteiger partial charge in [0.1, 0.15) is 5.82 Å². The lowest BCUT2D eigenvalue weighted by Gasteiger charge is -2.35. The van der Waals surface area contributed by atoms with Gasteiger partial charge in [0.15, 0.2) is 0 Å². The fraction of sp³-hybridized carbons (Fsp3) is 0.579. The van der Waals surface area contributed by atoms with E-state index in [1.54, 1.807) is 6.20 Å². The molecule has 0 bridgehead atoms. The van der Waals surface area contributed by atoms with Crippen molar-refractivity contribution in [3.05, 3.63) is 42.6 Å². The van der Waals surface area contributed by atoms with Gasteiger partial charge in [0, 0.05) is 38.2 Å². The van der Waals surface area contributed by atoms with Gasteiger partial charge in [-0.3, -0.25) is 0 Å². The van der Waals surface area contributed by atoms with E-state index in [2.05, 4.69) is 40.8 Å². The van der Waals surface area contributed by atoms with Crippen LogP contribution in [0.1, 0.15) is 38.7 Å². The third-order valence-electron chi connectivity index (χ3n) is 4.85. The van der Waals surface area contributed by atoms with E-state index in [0.29, 0.717) is 11.8 Å². The molecule has 0 amide bonds. The number of aromatic nitrogens is 3. The van der Waals surface area contributed by atoms with Gasteiger partial charge in [0.05, 0.1) is 12.4 Å². The molecule has 0 spiro atoms. The topological polar surface area (TPSA) is 54.2 Å². The molecule has 1 fully saturated rings. The molecule has 1 saturated heterocycles. The lowest BCUT2D eigenvalue weighted by molar-refractivity contribution is 0.0734. The molecular weight excluding hydrogens is 300 g/mol. The quantitative estimate of drug-likeness (QED) is 0.886. The Balaban J connectivity index is 1.53. The van der Waals surface area contributed by atoms with Gasteiger partial charge in [-0.25, -0.2) is 9.97 Å². The van der Waals surface area contributed by atoms with Crippen molar-refractivity contribution in [1.29, 1.82) is 0 Å². The molecule has 0 saturated carbocycles. The number of pyridine rings is 1. The molecule has 130 valence electrons. The minimum absolute atomic E-state index is 0.155. The summed E-state index contributed by atoms with van der Waals surface area (Å²) in [6, 6.07) is 4.25. The summed E-state index contributed by atoms with van der Waals surface area (Å²) in [5.74, 6) is 2.04. The molecule has 24 heavy (non-hydrogen) atoms. The van der Waals surface area contributed by atoms with Crippen LogP contribution < -0.4 is 4.90 Å². The standard InChI is InChI=1S/C19H28N4O/c1-15(2)11-18(24)17-5-8-23(9-6-17)19-4-3-16(12-21-19)13-22-10-7-20-14-22/h3-4,7,10,12,14-15,17-18,24H,5-6,8-9,11,13H2,1-2H3/t18-/m0/s1. The first-order valence-corrected chi connectivity index (χ1v) is 8.95. The fourth-order valence-corrected chi connectivity index (χ4v) is 3.48. The monoisotopic (exact) mass is 328 g/mol. The second-order valence-corrected chi connectivity index (χ2v) is 7.28. The smallest absolute Gasteiger partial charge is 0.128 e. The molecule has 0 unspecified atom stereocenters. The van der Waals surface area contributed by atoms with E-state index < -0.39 is 0 Å². The Hall–Kier alpha value is -1.88. The summed E-state index contributed by atoms with van der Waals surface area (Å²) in [5, 5.41) is 10.3. The Morgan fingerprint density at radius 3 is 2.62 bits per heavy atom. The number of piperidine rings is 1. The molecule has 2 aromatic heterocycles. The van der Waals surface area contributed by atoms with Crippen LogP contribution in [0.3, 0.4) is 0 Å². The lowest BCUT2D eigenvalue weighted by atomic mass is 9.87. The average molecular weight is 328 g/mol. The Morgan fingerprint density at radius 1 is 1.25 bits per heavy atom. The number of anilines is 1. The summed E-state index contributed by atoms with van der Waals surface area (Å²) < 4.78 is 2.04. The Morgan fingerprint density at radius 2 is 2.04 bits per heavy atom. The molecule has 3 heterocycles. The van der Waals surface area contributed by atoms with Crippen molar-refractivity contribution in [1.82, 2.24) is 14.5 Å². The van der Waals surface area contributed by atoms with Gasteiger partial charge in [0.2, 0.25) is 0 Å². The van der Waals surface area contributed by atoms with Gasteiger partial charge >= 0.3 is 0 Å². The first-order valence-electron chi connectivity index (χ1n) is 8.95. The highest BCUT2D eigenvalue weighted by atomic mass is 16.3. The normalized spacial score (nSPS) is 17.4. The van der Waals surface area contributed by atoms with Crippen LogP contribution in [-0.4, -0.2) is 38.8 Å². The van der Waals surface area contributed by atoms with Gasteiger partial charge in [-0.2, -0.15) is 0 Å². The van der Waals surface area contributed by atoms with Crippen molar-refractivity contribution in [2.75, 3.05) is 18.0 Å². The van der Waals surface area contributed by atoms with Gasteiger partial charge in [-0.05, 0) is 42.7 Å². The first-order chi connectivity index (χ1) is 11.6. The summed E-state index contributed by atoms with van der Waals surface area (Å²) in [6.45, 7) is 7.11. The predicted molar refractivity (Wildman–Crippen MR) is 96.0 cm³/mol. The van der Waals surface area contributed by atoms with Crippen molar-refractivity contribution < 1.29 is 5.11 Å². The summed E-state index contributed by atoms with van der Waals surface area (Å²) in [5.41, 5.74) is 1.18. The SMILES string of the molecule is CC(C)C[C@H](O)C1CCN(c2ccc(Cn3ccnc3)cn2)CC1. The number of hydrogen-bond acceptors (Lipinski definition) is 4. The number of nitrogens with zero attached hydrogens (tertiary/aromatic N) is 4. The van der Waals surface area contributed by atoms with Crippen LogP contribution in [0.5, 0.6) is 0 Å². The summed E-state index contributed by atoms with van der Waals surface area (Å²) in [4.78, 5) is 11.0. The van der Waals surface area contributed by atoms with Crippen LogP contribution in [0, 0.1) is 11.8 Å². The Kier molecular flexibility index (Phi) is 5.51. The van der Waals surface area contributed by atoms with Crippen molar-refractivity contribution >= 4 is 5.82 Å². The number of aliphatic hydroxyl groups excluding tert-OH is 1. The van der Waals surface area contributed by atoms with E-state index in [0.717, 1.165) is 44.7 Å². The summed E-state index contributed by atoms with van der Waals surface area (Å²) >= 11 is 0. The zero-order chi connectivity index (χ0) is 16.9. The molecule has 5 nitrogen and oxygen atoms in total. The number of hydrogen-bond donors (Lipinski definition) is 1. The fourth-order valence-electron chi connectivity index (χ4n) is 3.48. The van der Waals surface area contributed by atoms with E-state index in [4.69, 9.17) is 0 Å². The first kappa shape index (κ1) is 17.0. The largest absolute Gasteiger partial charge is 0.393 e. The lowest BCUT2D eigenvalue weighted by Crippen LogP contribution is -2.38. The molecule has 5 heteroatoms. The minimum Gasteiger partial charge on any atom is -0.393 e. The van der Waals surface area contributed by atoms with Crippen LogP contribution in [0.15, 0.2) is 37.1 Å². The van der Waals surface area contributed by atoms with Gasteiger partial charge in [-0.1, -0.05) is 19.9 Å². The van der Waals surface area contributed by atoms with E-state index in [-0.39, 0.29) is 6.10 Å². The summed E-state index contributed by atoms with van der Waals surface area (Å²) in [7, 11) is 0. The van der Waals surface area contributed by atoms with Crippen molar-refractivity contribution in [2.45, 2.75) is 45.8 Å². The Bertz CT molecular complexity index is 601. The molecule has 2 aromatic rings. The molecule has 0 aliphatic carbocycles. The van der Waals surface area contributed by atoms with Crippen LogP contribution in [0.25, 0.3) is 0 Å². The van der Waals surface area contributed by atoms with Crippen LogP contribution in [0.2, 0.25) is 0 Å². The maximum Gasteiger partial charge on any atom is 0.128 e. The maximum atomic E-state index is 10.3. The van der Waals surface area contributed by atoms with E-state index in [9.17, 15) is 5.11 Å². The highest BCUT2D eigenvalue weighted by Gasteiger charge is 2.26. The molecule has 1 aliphatic heterocycles. The maximum absolute atomic E-state index is 10.3. The molecule has 1 aliphatic rings. The van der Waals surface area contributed by atoms with Crippen LogP contribution >= 0.6 is 0 Å². The molecule has 0 radical (unpaired) electrons. The molecule has 0 aromatic carbocycles. The van der Waals surface area contributed by atoms with Gasteiger partial charge < -0.3 is 14.6 Å². The van der Waals surface area contributed by atoms with Crippen molar-refractivity contribution in [3.63, 3.8) is 0 Å². The highest BCUT2D eigenvalue weighted by Crippen LogP contribution is 2.26. The number of rotatable bonds is 6. The zero-order valence-corrected chi connectivity index (χ0v) is 14.7. The highest BCUT2D eigenvalue weighted by molar-refractivity contribution is 5.39. The molecule has 1 atom stereocenters. The molecule has 1 N–H and O–H groups in total. The van der Waals surface area contributed by atoms with Crippen LogP contribution in [-0.2, 0) is 6.54 Å². The second kappa shape index (κ2) is 7.79. The van der Waals surface area contributed by atoms with Gasteiger partial charge in [0.25, 0.3) is 0 Å². The van der Waals surface area contributed by atoms with Crippen molar-refractivity contribution in [3.8, 4) is 0 Å². The zero-order valence-electron chi connectivity index (χ0n) is 14.7. The average Bonchev–Trinajstić information content (AvgIpc) is 3.08. The third kappa shape index (κ3) is 4.35.